The molecule has 1 aliphatic rings. The molecule has 0 unspecified atom stereocenters. The van der Waals surface area contributed by atoms with Crippen LogP contribution in [0.5, 0.6) is 0 Å². The fourth-order valence-corrected chi connectivity index (χ4v) is 4.62. The summed E-state index contributed by atoms with van der Waals surface area (Å²) < 4.78 is 2.16. The highest BCUT2D eigenvalue weighted by molar-refractivity contribution is 7.99. The van der Waals surface area contributed by atoms with E-state index >= 15 is 0 Å². The number of carbonyl (C=O) groups excluding carboxylic acids is 1. The maximum atomic E-state index is 12.4. The van der Waals surface area contributed by atoms with E-state index in [0.717, 1.165) is 36.1 Å². The monoisotopic (exact) mass is 427 g/mol. The Bertz CT molecular complexity index is 986. The van der Waals surface area contributed by atoms with Gasteiger partial charge < -0.3 is 9.88 Å². The number of thioether (sulfide) groups is 1. The first kappa shape index (κ1) is 20.1. The molecule has 2 aromatic heterocycles. The second-order valence-electron chi connectivity index (χ2n) is 8.31. The van der Waals surface area contributed by atoms with E-state index in [0.29, 0.717) is 11.0 Å². The first-order chi connectivity index (χ1) is 13.9. The molecule has 1 saturated carbocycles. The lowest BCUT2D eigenvalue weighted by molar-refractivity contribution is -0.113. The van der Waals surface area contributed by atoms with E-state index in [2.05, 4.69) is 58.0 Å². The van der Waals surface area contributed by atoms with Crippen molar-refractivity contribution in [3.63, 3.8) is 0 Å². The molecular weight excluding hydrogens is 402 g/mol. The van der Waals surface area contributed by atoms with Crippen molar-refractivity contribution in [1.82, 2.24) is 19.7 Å². The number of hydrogen-bond acceptors (Lipinski definition) is 6. The molecule has 0 bridgehead atoms. The van der Waals surface area contributed by atoms with Gasteiger partial charge in [-0.05, 0) is 18.4 Å². The minimum absolute atomic E-state index is 0.0265. The number of nitrogens with zero attached hydrogens (tertiary/aromatic N) is 4. The van der Waals surface area contributed by atoms with Crippen LogP contribution in [0.2, 0.25) is 0 Å². The minimum Gasteiger partial charge on any atom is -0.301 e. The Hall–Kier alpha value is -2.19. The molecule has 152 valence electrons. The van der Waals surface area contributed by atoms with Gasteiger partial charge in [-0.3, -0.25) is 4.79 Å². The smallest absolute Gasteiger partial charge is 0.236 e. The van der Waals surface area contributed by atoms with Crippen molar-refractivity contribution in [2.75, 3.05) is 11.1 Å². The van der Waals surface area contributed by atoms with Crippen LogP contribution in [-0.4, -0.2) is 31.4 Å². The second-order valence-corrected chi connectivity index (χ2v) is 10.1. The van der Waals surface area contributed by atoms with Gasteiger partial charge in [0.2, 0.25) is 5.91 Å². The van der Waals surface area contributed by atoms with E-state index in [-0.39, 0.29) is 17.1 Å². The van der Waals surface area contributed by atoms with E-state index in [9.17, 15) is 4.79 Å². The number of benzene rings is 1. The van der Waals surface area contributed by atoms with E-state index in [4.69, 9.17) is 0 Å². The van der Waals surface area contributed by atoms with Crippen LogP contribution in [0.4, 0.5) is 5.13 Å². The van der Waals surface area contributed by atoms with Gasteiger partial charge in [0.25, 0.3) is 0 Å². The maximum absolute atomic E-state index is 12.4. The first-order valence-electron chi connectivity index (χ1n) is 9.76. The van der Waals surface area contributed by atoms with Crippen molar-refractivity contribution in [3.05, 3.63) is 52.8 Å². The van der Waals surface area contributed by atoms with Gasteiger partial charge in [-0.1, -0.05) is 62.9 Å². The predicted molar refractivity (Wildman–Crippen MR) is 118 cm³/mol. The van der Waals surface area contributed by atoms with Gasteiger partial charge in [-0.25, -0.2) is 4.98 Å². The summed E-state index contributed by atoms with van der Waals surface area (Å²) in [5.41, 5.74) is 2.17. The van der Waals surface area contributed by atoms with Crippen LogP contribution in [0.25, 0.3) is 0 Å². The number of anilines is 1. The summed E-state index contributed by atoms with van der Waals surface area (Å²) in [5.74, 6) is 1.74. The Morgan fingerprint density at radius 2 is 2.00 bits per heavy atom. The van der Waals surface area contributed by atoms with Crippen molar-refractivity contribution in [1.29, 1.82) is 0 Å². The maximum Gasteiger partial charge on any atom is 0.236 e. The lowest BCUT2D eigenvalue weighted by Crippen LogP contribution is -2.16. The predicted octanol–water partition coefficient (Wildman–Crippen LogP) is 4.69. The molecule has 0 saturated heterocycles. The highest BCUT2D eigenvalue weighted by Crippen LogP contribution is 2.40. The number of thiazole rings is 1. The largest absolute Gasteiger partial charge is 0.301 e. The van der Waals surface area contributed by atoms with Gasteiger partial charge in [0.05, 0.1) is 18.0 Å². The fraction of sp³-hybridized carbons (Fsp3) is 0.429. The van der Waals surface area contributed by atoms with Gasteiger partial charge >= 0.3 is 0 Å². The van der Waals surface area contributed by atoms with Crippen molar-refractivity contribution in [2.45, 2.75) is 56.6 Å². The Morgan fingerprint density at radius 3 is 2.66 bits per heavy atom. The van der Waals surface area contributed by atoms with Crippen LogP contribution >= 0.6 is 23.1 Å². The second kappa shape index (κ2) is 8.28. The molecule has 29 heavy (non-hydrogen) atoms. The molecule has 1 N–H and O–H groups in total. The van der Waals surface area contributed by atoms with Crippen molar-refractivity contribution >= 4 is 34.1 Å². The van der Waals surface area contributed by atoms with E-state index in [1.54, 1.807) is 0 Å². The quantitative estimate of drug-likeness (QED) is 0.554. The zero-order valence-corrected chi connectivity index (χ0v) is 18.5. The third-order valence-electron chi connectivity index (χ3n) is 4.72. The zero-order chi connectivity index (χ0) is 20.4. The third kappa shape index (κ3) is 5.05. The molecule has 0 radical (unpaired) electrons. The van der Waals surface area contributed by atoms with Crippen LogP contribution in [0, 0.1) is 0 Å². The molecule has 1 fully saturated rings. The number of carbonyl (C=O) groups is 1. The molecule has 0 aliphatic heterocycles. The summed E-state index contributed by atoms with van der Waals surface area (Å²) in [6.07, 6.45) is 2.33. The first-order valence-corrected chi connectivity index (χ1v) is 11.6. The standard InChI is InChI=1S/C21H25N5OS2/c1-21(2,3)16-12-28-19(22-16)23-17(27)13-29-20-25-24-18(15-9-10-15)26(20)11-14-7-5-4-6-8-14/h4-8,12,15H,9-11,13H2,1-3H3,(H,22,23,27). The topological polar surface area (TPSA) is 72.7 Å². The molecular formula is C21H25N5OS2. The Labute approximate surface area is 179 Å². The average Bonchev–Trinajstić information content (AvgIpc) is 3.27. The number of amides is 1. The van der Waals surface area contributed by atoms with Crippen LogP contribution in [-0.2, 0) is 16.8 Å². The highest BCUT2D eigenvalue weighted by atomic mass is 32.2. The van der Waals surface area contributed by atoms with Crippen molar-refractivity contribution in [3.8, 4) is 0 Å². The van der Waals surface area contributed by atoms with Gasteiger partial charge in [0, 0.05) is 16.7 Å². The summed E-state index contributed by atoms with van der Waals surface area (Å²) in [6.45, 7) is 7.06. The Kier molecular flexibility index (Phi) is 5.74. The molecule has 0 atom stereocenters. The summed E-state index contributed by atoms with van der Waals surface area (Å²) in [7, 11) is 0. The van der Waals surface area contributed by atoms with Crippen molar-refractivity contribution in [2.24, 2.45) is 0 Å². The normalized spacial score (nSPS) is 14.2. The molecule has 4 rings (SSSR count). The minimum atomic E-state index is -0.0768. The highest BCUT2D eigenvalue weighted by Gasteiger charge is 2.30. The number of rotatable bonds is 7. The summed E-state index contributed by atoms with van der Waals surface area (Å²) in [6, 6.07) is 10.3. The molecule has 1 aromatic carbocycles. The molecule has 0 spiro atoms. The van der Waals surface area contributed by atoms with Gasteiger partial charge in [0.15, 0.2) is 10.3 Å². The molecule has 1 amide bonds. The molecule has 6 nitrogen and oxygen atoms in total. The SMILES string of the molecule is CC(C)(C)c1csc(NC(=O)CSc2nnc(C3CC3)n2Cc2ccccc2)n1. The van der Waals surface area contributed by atoms with Crippen molar-refractivity contribution < 1.29 is 4.79 Å². The van der Waals surface area contributed by atoms with Gasteiger partial charge in [-0.2, -0.15) is 0 Å². The molecule has 2 heterocycles. The lowest BCUT2D eigenvalue weighted by Gasteiger charge is -2.14. The average molecular weight is 428 g/mol. The van der Waals surface area contributed by atoms with E-state index in [1.807, 2.05) is 23.6 Å². The van der Waals surface area contributed by atoms with Crippen LogP contribution in [0.3, 0.4) is 0 Å². The lowest BCUT2D eigenvalue weighted by atomic mass is 9.93. The molecule has 8 heteroatoms. The van der Waals surface area contributed by atoms with E-state index < -0.39 is 0 Å². The summed E-state index contributed by atoms with van der Waals surface area (Å²) in [5, 5.41) is 15.1. The molecule has 3 aromatic rings. The fourth-order valence-electron chi connectivity index (χ4n) is 2.93. The molecule has 1 aliphatic carbocycles. The summed E-state index contributed by atoms with van der Waals surface area (Å²) in [4.78, 5) is 17.0. The van der Waals surface area contributed by atoms with Crippen LogP contribution in [0.15, 0.2) is 40.9 Å². The number of hydrogen-bond donors (Lipinski definition) is 1. The summed E-state index contributed by atoms with van der Waals surface area (Å²) >= 11 is 2.89. The van der Waals surface area contributed by atoms with E-state index in [1.165, 1.54) is 28.7 Å². The van der Waals surface area contributed by atoms with Gasteiger partial charge in [0.1, 0.15) is 5.82 Å². The zero-order valence-electron chi connectivity index (χ0n) is 16.9. The van der Waals surface area contributed by atoms with Gasteiger partial charge in [-0.15, -0.1) is 21.5 Å². The van der Waals surface area contributed by atoms with Crippen LogP contribution in [0.1, 0.15) is 56.6 Å². The Morgan fingerprint density at radius 1 is 1.24 bits per heavy atom. The van der Waals surface area contributed by atoms with Crippen LogP contribution < -0.4 is 5.32 Å². The Balaban J connectivity index is 1.41. The number of nitrogens with one attached hydrogen (secondary N) is 1. The number of aromatic nitrogens is 4. The third-order valence-corrected chi connectivity index (χ3v) is 6.45.